The number of hydrogen-bond donors (Lipinski definition) is 2. The lowest BCUT2D eigenvalue weighted by Gasteiger charge is -2.13. The fourth-order valence-corrected chi connectivity index (χ4v) is 5.27. The van der Waals surface area contributed by atoms with Gasteiger partial charge in [-0.3, -0.25) is 14.4 Å². The lowest BCUT2D eigenvalue weighted by molar-refractivity contribution is -0.120. The Morgan fingerprint density at radius 1 is 1.06 bits per heavy atom. The Balaban J connectivity index is 1.31. The van der Waals surface area contributed by atoms with Crippen LogP contribution in [0.5, 0.6) is 0 Å². The number of carbonyl (C=O) groups excluding carboxylic acids is 3. The first-order chi connectivity index (χ1) is 14.8. The fraction of sp³-hybridized carbons (Fsp3) is 0.286. The van der Waals surface area contributed by atoms with Crippen molar-refractivity contribution in [2.75, 3.05) is 13.1 Å². The van der Waals surface area contributed by atoms with Crippen molar-refractivity contribution in [2.24, 2.45) is 0 Å². The van der Waals surface area contributed by atoms with Crippen molar-refractivity contribution in [3.8, 4) is 0 Å². The number of rotatable bonds is 7. The molecule has 0 saturated heterocycles. The van der Waals surface area contributed by atoms with E-state index >= 15 is 0 Å². The second-order valence-electron chi connectivity index (χ2n) is 7.46. The molecule has 2 aromatic rings. The summed E-state index contributed by atoms with van der Waals surface area (Å²) in [6, 6.07) is 9.40. The zero-order chi connectivity index (χ0) is 22.2. The van der Waals surface area contributed by atoms with Gasteiger partial charge in [0.15, 0.2) is 0 Å². The van der Waals surface area contributed by atoms with Crippen LogP contribution >= 0.6 is 0 Å². The highest BCUT2D eigenvalue weighted by molar-refractivity contribution is 7.90. The SMILES string of the molecule is O=C(Cc1cccc(F)c1)NCCNC(=O)c1ccc2c(c1)S(=O)(=O)N(C1CC1)C2=O. The molecule has 162 valence electrons. The molecule has 2 aliphatic rings. The van der Waals surface area contributed by atoms with Gasteiger partial charge in [0.1, 0.15) is 10.7 Å². The van der Waals surface area contributed by atoms with E-state index in [1.54, 1.807) is 6.07 Å². The van der Waals surface area contributed by atoms with Crippen molar-refractivity contribution in [1.29, 1.82) is 0 Å². The Bertz CT molecular complexity index is 1180. The molecule has 0 spiro atoms. The van der Waals surface area contributed by atoms with Crippen LogP contribution in [0.15, 0.2) is 47.4 Å². The minimum Gasteiger partial charge on any atom is -0.354 e. The van der Waals surface area contributed by atoms with Gasteiger partial charge in [-0.25, -0.2) is 17.1 Å². The number of carbonyl (C=O) groups is 3. The van der Waals surface area contributed by atoms with Gasteiger partial charge in [0, 0.05) is 24.7 Å². The van der Waals surface area contributed by atoms with Crippen molar-refractivity contribution in [2.45, 2.75) is 30.2 Å². The summed E-state index contributed by atoms with van der Waals surface area (Å²) in [7, 11) is -3.94. The minimum absolute atomic E-state index is 0.0138. The van der Waals surface area contributed by atoms with Gasteiger partial charge in [-0.2, -0.15) is 0 Å². The molecule has 1 aliphatic carbocycles. The summed E-state index contributed by atoms with van der Waals surface area (Å²) in [5, 5.41) is 5.22. The molecule has 1 aliphatic heterocycles. The van der Waals surface area contributed by atoms with Gasteiger partial charge in [0.25, 0.3) is 21.8 Å². The molecule has 31 heavy (non-hydrogen) atoms. The van der Waals surface area contributed by atoms with Crippen LogP contribution in [0, 0.1) is 5.82 Å². The van der Waals surface area contributed by atoms with Crippen molar-refractivity contribution < 1.29 is 27.2 Å². The number of halogens is 1. The number of hydrogen-bond acceptors (Lipinski definition) is 5. The standard InChI is InChI=1S/C21H20FN3O5S/c22-15-3-1-2-13(10-15)11-19(26)23-8-9-24-20(27)14-4-7-17-18(12-14)31(29,30)25(21(17)28)16-5-6-16/h1-4,7,10,12,16H,5-6,8-9,11H2,(H,23,26)(H,24,27). The van der Waals surface area contributed by atoms with Crippen LogP contribution in [-0.2, 0) is 21.2 Å². The molecule has 2 aromatic carbocycles. The summed E-state index contributed by atoms with van der Waals surface area (Å²) >= 11 is 0. The van der Waals surface area contributed by atoms with E-state index in [4.69, 9.17) is 0 Å². The van der Waals surface area contributed by atoms with Gasteiger partial charge in [0.05, 0.1) is 12.0 Å². The van der Waals surface area contributed by atoms with Crippen LogP contribution in [0.1, 0.15) is 39.1 Å². The normalized spacial score (nSPS) is 16.7. The second kappa shape index (κ2) is 8.10. The van der Waals surface area contributed by atoms with Crippen molar-refractivity contribution in [1.82, 2.24) is 14.9 Å². The van der Waals surface area contributed by atoms with E-state index in [2.05, 4.69) is 10.6 Å². The highest BCUT2D eigenvalue weighted by Gasteiger charge is 2.48. The van der Waals surface area contributed by atoms with Gasteiger partial charge in [-0.15, -0.1) is 0 Å². The largest absolute Gasteiger partial charge is 0.354 e. The van der Waals surface area contributed by atoms with Gasteiger partial charge in [-0.05, 0) is 48.7 Å². The van der Waals surface area contributed by atoms with Crippen LogP contribution < -0.4 is 10.6 Å². The zero-order valence-electron chi connectivity index (χ0n) is 16.4. The number of amides is 3. The Kier molecular flexibility index (Phi) is 5.48. The quantitative estimate of drug-likeness (QED) is 0.623. The molecule has 1 saturated carbocycles. The summed E-state index contributed by atoms with van der Waals surface area (Å²) in [6.45, 7) is 0.266. The summed E-state index contributed by atoms with van der Waals surface area (Å²) in [6.07, 6.45) is 1.31. The van der Waals surface area contributed by atoms with Crippen molar-refractivity contribution in [3.05, 3.63) is 65.0 Å². The lowest BCUT2D eigenvalue weighted by atomic mass is 10.1. The van der Waals surface area contributed by atoms with Crippen molar-refractivity contribution >= 4 is 27.7 Å². The Morgan fingerprint density at radius 2 is 1.81 bits per heavy atom. The average Bonchev–Trinajstić information content (AvgIpc) is 3.52. The third kappa shape index (κ3) is 4.29. The van der Waals surface area contributed by atoms with Crippen LogP contribution in [0.4, 0.5) is 4.39 Å². The molecular weight excluding hydrogens is 425 g/mol. The summed E-state index contributed by atoms with van der Waals surface area (Å²) < 4.78 is 39.4. The highest BCUT2D eigenvalue weighted by Crippen LogP contribution is 2.39. The van der Waals surface area contributed by atoms with E-state index in [9.17, 15) is 27.2 Å². The van der Waals surface area contributed by atoms with Gasteiger partial charge in [-0.1, -0.05) is 12.1 Å². The lowest BCUT2D eigenvalue weighted by Crippen LogP contribution is -2.35. The first-order valence-electron chi connectivity index (χ1n) is 9.79. The number of benzene rings is 2. The Hall–Kier alpha value is -3.27. The Morgan fingerprint density at radius 3 is 2.52 bits per heavy atom. The number of fused-ring (bicyclic) bond motifs is 1. The maximum atomic E-state index is 13.2. The monoisotopic (exact) mass is 445 g/mol. The molecule has 0 bridgehead atoms. The molecular formula is C21H20FN3O5S. The van der Waals surface area contributed by atoms with E-state index in [1.807, 2.05) is 0 Å². The third-order valence-corrected chi connectivity index (χ3v) is 6.95. The zero-order valence-corrected chi connectivity index (χ0v) is 17.2. The third-order valence-electron chi connectivity index (χ3n) is 5.08. The molecule has 0 radical (unpaired) electrons. The molecule has 0 unspecified atom stereocenters. The highest BCUT2D eigenvalue weighted by atomic mass is 32.2. The van der Waals surface area contributed by atoms with E-state index in [0.29, 0.717) is 18.4 Å². The molecule has 10 heteroatoms. The van der Waals surface area contributed by atoms with Gasteiger partial charge >= 0.3 is 0 Å². The van der Waals surface area contributed by atoms with E-state index in [1.165, 1.54) is 36.4 Å². The molecule has 1 fully saturated rings. The molecule has 1 heterocycles. The van der Waals surface area contributed by atoms with E-state index in [-0.39, 0.29) is 47.5 Å². The summed E-state index contributed by atoms with van der Waals surface area (Å²) in [5.41, 5.74) is 0.725. The second-order valence-corrected chi connectivity index (χ2v) is 9.24. The summed E-state index contributed by atoms with van der Waals surface area (Å²) in [4.78, 5) is 36.5. The maximum absolute atomic E-state index is 13.2. The predicted molar refractivity (Wildman–Crippen MR) is 108 cm³/mol. The fourth-order valence-electron chi connectivity index (χ4n) is 3.43. The smallest absolute Gasteiger partial charge is 0.269 e. The van der Waals surface area contributed by atoms with Crippen molar-refractivity contribution in [3.63, 3.8) is 0 Å². The number of nitrogens with zero attached hydrogens (tertiary/aromatic N) is 1. The van der Waals surface area contributed by atoms with Gasteiger partial charge < -0.3 is 10.6 Å². The van der Waals surface area contributed by atoms with Crippen LogP contribution in [0.3, 0.4) is 0 Å². The average molecular weight is 445 g/mol. The Labute approximate surface area is 178 Å². The van der Waals surface area contributed by atoms with Gasteiger partial charge in [0.2, 0.25) is 5.91 Å². The molecule has 8 nitrogen and oxygen atoms in total. The van der Waals surface area contributed by atoms with E-state index < -0.39 is 27.7 Å². The van der Waals surface area contributed by atoms with Crippen LogP contribution in [0.2, 0.25) is 0 Å². The van der Waals surface area contributed by atoms with E-state index in [0.717, 1.165) is 4.31 Å². The molecule has 0 aromatic heterocycles. The van der Waals surface area contributed by atoms with Crippen LogP contribution in [0.25, 0.3) is 0 Å². The number of nitrogens with one attached hydrogen (secondary N) is 2. The molecule has 4 rings (SSSR count). The molecule has 2 N–H and O–H groups in total. The first-order valence-corrected chi connectivity index (χ1v) is 11.2. The molecule has 3 amide bonds. The summed E-state index contributed by atoms with van der Waals surface area (Å²) in [5.74, 6) is -1.81. The first kappa shape index (κ1) is 21.0. The molecule has 0 atom stereocenters. The van der Waals surface area contributed by atoms with Crippen LogP contribution in [-0.4, -0.2) is 49.6 Å². The maximum Gasteiger partial charge on any atom is 0.269 e. The topological polar surface area (TPSA) is 113 Å². The number of sulfonamides is 1. The predicted octanol–water partition coefficient (Wildman–Crippen LogP) is 1.22. The minimum atomic E-state index is -3.94.